The first-order chi connectivity index (χ1) is 12.5. The standard InChI is InChI=1S/C20H30N2O3S/c1-16-11-12-18(15-19(16)20(23)22-13-7-8-14-22)26(24,25)21-17-9-5-3-2-4-6-10-17/h11-12,15,17,21H,2-10,13-14H2,1H3. The Morgan fingerprint density at radius 1 is 1.00 bits per heavy atom. The van der Waals surface area contributed by atoms with Gasteiger partial charge < -0.3 is 4.90 Å². The lowest BCUT2D eigenvalue weighted by Crippen LogP contribution is -2.35. The number of hydrogen-bond donors (Lipinski definition) is 1. The van der Waals surface area contributed by atoms with Gasteiger partial charge >= 0.3 is 0 Å². The monoisotopic (exact) mass is 378 g/mol. The van der Waals surface area contributed by atoms with Crippen molar-refractivity contribution in [1.82, 2.24) is 9.62 Å². The summed E-state index contributed by atoms with van der Waals surface area (Å²) in [6, 6.07) is 4.91. The molecule has 0 atom stereocenters. The smallest absolute Gasteiger partial charge is 0.254 e. The first kappa shape index (κ1) is 19.4. The quantitative estimate of drug-likeness (QED) is 0.870. The van der Waals surface area contributed by atoms with Crippen LogP contribution in [0.2, 0.25) is 0 Å². The van der Waals surface area contributed by atoms with Gasteiger partial charge in [0.2, 0.25) is 10.0 Å². The van der Waals surface area contributed by atoms with Crippen LogP contribution in [0.3, 0.4) is 0 Å². The van der Waals surface area contributed by atoms with Gasteiger partial charge in [0, 0.05) is 24.7 Å². The summed E-state index contributed by atoms with van der Waals surface area (Å²) in [5.74, 6) is -0.0528. The lowest BCUT2D eigenvalue weighted by molar-refractivity contribution is 0.0792. The van der Waals surface area contributed by atoms with Crippen LogP contribution in [-0.4, -0.2) is 38.4 Å². The Morgan fingerprint density at radius 3 is 2.27 bits per heavy atom. The predicted octanol–water partition coefficient (Wildman–Crippen LogP) is 3.62. The van der Waals surface area contributed by atoms with Crippen molar-refractivity contribution < 1.29 is 13.2 Å². The molecule has 6 heteroatoms. The van der Waals surface area contributed by atoms with Crippen molar-refractivity contribution >= 4 is 15.9 Å². The summed E-state index contributed by atoms with van der Waals surface area (Å²) in [6.07, 6.45) is 9.57. The number of aryl methyl sites for hydroxylation is 1. The fourth-order valence-electron chi connectivity index (χ4n) is 3.95. The summed E-state index contributed by atoms with van der Waals surface area (Å²) in [5.41, 5.74) is 1.33. The zero-order valence-electron chi connectivity index (χ0n) is 15.7. The van der Waals surface area contributed by atoms with Crippen LogP contribution < -0.4 is 4.72 Å². The molecule has 26 heavy (non-hydrogen) atoms. The van der Waals surface area contributed by atoms with E-state index in [0.717, 1.165) is 57.2 Å². The van der Waals surface area contributed by atoms with Gasteiger partial charge in [0.15, 0.2) is 0 Å². The number of likely N-dealkylation sites (tertiary alicyclic amines) is 1. The van der Waals surface area contributed by atoms with E-state index in [4.69, 9.17) is 0 Å². The second-order valence-corrected chi connectivity index (χ2v) is 9.35. The molecule has 1 aromatic carbocycles. The van der Waals surface area contributed by atoms with Crippen molar-refractivity contribution in [3.63, 3.8) is 0 Å². The van der Waals surface area contributed by atoms with E-state index in [0.29, 0.717) is 5.56 Å². The highest BCUT2D eigenvalue weighted by Gasteiger charge is 2.25. The number of carbonyl (C=O) groups excluding carboxylic acids is 1. The van der Waals surface area contributed by atoms with Crippen LogP contribution in [0.5, 0.6) is 0 Å². The van der Waals surface area contributed by atoms with Crippen molar-refractivity contribution in [2.24, 2.45) is 0 Å². The molecule has 1 N–H and O–H groups in total. The number of sulfonamides is 1. The van der Waals surface area contributed by atoms with E-state index in [1.54, 1.807) is 18.2 Å². The van der Waals surface area contributed by atoms with E-state index in [-0.39, 0.29) is 16.8 Å². The first-order valence-corrected chi connectivity index (χ1v) is 11.4. The minimum Gasteiger partial charge on any atom is -0.339 e. The highest BCUT2D eigenvalue weighted by Crippen LogP contribution is 2.22. The fraction of sp³-hybridized carbons (Fsp3) is 0.650. The average Bonchev–Trinajstić information content (AvgIpc) is 3.11. The summed E-state index contributed by atoms with van der Waals surface area (Å²) < 4.78 is 28.6. The number of amides is 1. The Labute approximate surface area is 157 Å². The molecule has 0 aromatic heterocycles. The van der Waals surface area contributed by atoms with Crippen molar-refractivity contribution in [2.45, 2.75) is 75.6 Å². The van der Waals surface area contributed by atoms with Crippen molar-refractivity contribution in [1.29, 1.82) is 0 Å². The van der Waals surface area contributed by atoms with E-state index < -0.39 is 10.0 Å². The number of rotatable bonds is 4. The van der Waals surface area contributed by atoms with Crippen LogP contribution >= 0.6 is 0 Å². The Bertz CT molecular complexity index is 731. The highest BCUT2D eigenvalue weighted by molar-refractivity contribution is 7.89. The number of nitrogens with zero attached hydrogens (tertiary/aromatic N) is 1. The molecule has 0 bridgehead atoms. The number of nitrogens with one attached hydrogen (secondary N) is 1. The summed E-state index contributed by atoms with van der Waals surface area (Å²) in [6.45, 7) is 3.38. The van der Waals surface area contributed by atoms with Crippen LogP contribution in [0.15, 0.2) is 23.1 Å². The largest absolute Gasteiger partial charge is 0.339 e. The molecule has 1 aliphatic heterocycles. The third-order valence-corrected chi connectivity index (χ3v) is 7.09. The lowest BCUT2D eigenvalue weighted by Gasteiger charge is -2.21. The molecule has 3 rings (SSSR count). The highest BCUT2D eigenvalue weighted by atomic mass is 32.2. The maximum atomic E-state index is 12.9. The third kappa shape index (κ3) is 4.65. The molecule has 144 valence electrons. The minimum atomic E-state index is -3.61. The Kier molecular flexibility index (Phi) is 6.35. The molecule has 0 spiro atoms. The molecule has 0 radical (unpaired) electrons. The lowest BCUT2D eigenvalue weighted by atomic mass is 9.97. The van der Waals surface area contributed by atoms with Gasteiger partial charge in [-0.05, 0) is 50.3 Å². The first-order valence-electron chi connectivity index (χ1n) is 9.89. The molecule has 1 aromatic rings. The van der Waals surface area contributed by atoms with Gasteiger partial charge in [-0.25, -0.2) is 13.1 Å². The summed E-state index contributed by atoms with van der Waals surface area (Å²) >= 11 is 0. The minimum absolute atomic E-state index is 0.000614. The van der Waals surface area contributed by atoms with E-state index in [1.165, 1.54) is 19.3 Å². The van der Waals surface area contributed by atoms with Gasteiger partial charge in [-0.3, -0.25) is 4.79 Å². The van der Waals surface area contributed by atoms with E-state index in [1.807, 2.05) is 11.8 Å². The van der Waals surface area contributed by atoms with Gasteiger partial charge in [0.25, 0.3) is 5.91 Å². The summed E-state index contributed by atoms with van der Waals surface area (Å²) in [4.78, 5) is 14.8. The molecule has 1 amide bonds. The predicted molar refractivity (Wildman–Crippen MR) is 103 cm³/mol. The number of carbonyl (C=O) groups is 1. The second kappa shape index (κ2) is 8.53. The van der Waals surface area contributed by atoms with Crippen LogP contribution in [0.4, 0.5) is 0 Å². The van der Waals surface area contributed by atoms with Gasteiger partial charge in [0.05, 0.1) is 4.90 Å². The van der Waals surface area contributed by atoms with Crippen LogP contribution in [-0.2, 0) is 10.0 Å². The van der Waals surface area contributed by atoms with Crippen molar-refractivity contribution in [3.05, 3.63) is 29.3 Å². The molecule has 1 saturated carbocycles. The molecule has 2 fully saturated rings. The van der Waals surface area contributed by atoms with Gasteiger partial charge in [0.1, 0.15) is 0 Å². The number of hydrogen-bond acceptors (Lipinski definition) is 3. The maximum absolute atomic E-state index is 12.9. The fourth-order valence-corrected chi connectivity index (χ4v) is 5.28. The van der Waals surface area contributed by atoms with E-state index in [2.05, 4.69) is 4.72 Å². The molecule has 1 saturated heterocycles. The van der Waals surface area contributed by atoms with Crippen LogP contribution in [0, 0.1) is 6.92 Å². The second-order valence-electron chi connectivity index (χ2n) is 7.64. The third-order valence-electron chi connectivity index (χ3n) is 5.57. The van der Waals surface area contributed by atoms with Gasteiger partial charge in [-0.1, -0.05) is 38.2 Å². The van der Waals surface area contributed by atoms with Gasteiger partial charge in [-0.2, -0.15) is 0 Å². The van der Waals surface area contributed by atoms with E-state index in [9.17, 15) is 13.2 Å². The Morgan fingerprint density at radius 2 is 1.62 bits per heavy atom. The molecular weight excluding hydrogens is 348 g/mol. The molecule has 1 heterocycles. The summed E-state index contributed by atoms with van der Waals surface area (Å²) in [5, 5.41) is 0. The molecular formula is C20H30N2O3S. The average molecular weight is 379 g/mol. The normalized spacial score (nSPS) is 20.0. The zero-order valence-corrected chi connectivity index (χ0v) is 16.5. The summed E-state index contributed by atoms with van der Waals surface area (Å²) in [7, 11) is -3.61. The van der Waals surface area contributed by atoms with Crippen LogP contribution in [0.25, 0.3) is 0 Å². The Balaban J connectivity index is 1.78. The zero-order chi connectivity index (χ0) is 18.6. The molecule has 5 nitrogen and oxygen atoms in total. The van der Waals surface area contributed by atoms with Gasteiger partial charge in [-0.15, -0.1) is 0 Å². The molecule has 1 aliphatic carbocycles. The molecule has 2 aliphatic rings. The number of benzene rings is 1. The Hall–Kier alpha value is -1.40. The van der Waals surface area contributed by atoms with Crippen molar-refractivity contribution in [2.75, 3.05) is 13.1 Å². The topological polar surface area (TPSA) is 66.5 Å². The maximum Gasteiger partial charge on any atom is 0.254 e. The van der Waals surface area contributed by atoms with Crippen LogP contribution in [0.1, 0.15) is 73.7 Å². The van der Waals surface area contributed by atoms with E-state index >= 15 is 0 Å². The molecule has 0 unspecified atom stereocenters. The van der Waals surface area contributed by atoms with Crippen molar-refractivity contribution in [3.8, 4) is 0 Å². The SMILES string of the molecule is Cc1ccc(S(=O)(=O)NC2CCCCCCC2)cc1C(=O)N1CCCC1.